The Morgan fingerprint density at radius 3 is 3.00 bits per heavy atom. The molecule has 0 bridgehead atoms. The minimum Gasteiger partial charge on any atom is -0.481 e. The summed E-state index contributed by atoms with van der Waals surface area (Å²) in [4.78, 5) is 4.15. The number of aliphatic hydroxyl groups excluding tert-OH is 1. The highest BCUT2D eigenvalue weighted by molar-refractivity contribution is 5.37. The Bertz CT molecular complexity index is 279. The van der Waals surface area contributed by atoms with Gasteiger partial charge in [-0.05, 0) is 12.5 Å². The van der Waals surface area contributed by atoms with Crippen LogP contribution in [0.3, 0.4) is 0 Å². The number of nitrogens with one attached hydrogen (secondary N) is 1. The van der Waals surface area contributed by atoms with Crippen molar-refractivity contribution in [1.29, 1.82) is 0 Å². The van der Waals surface area contributed by atoms with Gasteiger partial charge >= 0.3 is 0 Å². The Kier molecular flexibility index (Phi) is 4.19. The summed E-state index contributed by atoms with van der Waals surface area (Å²) in [6.07, 6.45) is 0.403. The number of ether oxygens (including phenoxy) is 1. The van der Waals surface area contributed by atoms with Crippen LogP contribution in [0, 0.1) is 0 Å². The molecule has 0 aliphatic carbocycles. The summed E-state index contributed by atoms with van der Waals surface area (Å²) < 4.78 is 4.97. The minimum absolute atomic E-state index is 0.331. The lowest BCUT2D eigenvalue weighted by Crippen LogP contribution is -2.18. The number of rotatable bonds is 5. The van der Waals surface area contributed by atoms with Crippen LogP contribution < -0.4 is 10.1 Å². The molecule has 0 saturated carbocycles. The molecule has 0 fully saturated rings. The smallest absolute Gasteiger partial charge is 0.214 e. The van der Waals surface area contributed by atoms with Gasteiger partial charge in [-0.15, -0.1) is 0 Å². The molecule has 4 heteroatoms. The number of nitrogens with zero attached hydrogens (tertiary/aromatic N) is 1. The standard InChI is InChI=1S/C10H16N2O2/c1-3-8(13)7-11-9-5-4-6-10(12-9)14-2/h4-6,8,13H,3,7H2,1-2H3,(H,11,12). The van der Waals surface area contributed by atoms with Gasteiger partial charge in [-0.1, -0.05) is 13.0 Å². The van der Waals surface area contributed by atoms with Gasteiger partial charge in [0.1, 0.15) is 5.82 Å². The van der Waals surface area contributed by atoms with E-state index in [2.05, 4.69) is 10.3 Å². The third-order valence-corrected chi connectivity index (χ3v) is 1.92. The van der Waals surface area contributed by atoms with Crippen molar-refractivity contribution in [3.05, 3.63) is 18.2 Å². The lowest BCUT2D eigenvalue weighted by atomic mass is 10.3. The van der Waals surface area contributed by atoms with Crippen LogP contribution in [0.4, 0.5) is 5.82 Å². The van der Waals surface area contributed by atoms with Crippen molar-refractivity contribution in [3.8, 4) is 5.88 Å². The Morgan fingerprint density at radius 1 is 1.57 bits per heavy atom. The number of pyridine rings is 1. The predicted octanol–water partition coefficient (Wildman–Crippen LogP) is 1.27. The second-order valence-corrected chi connectivity index (χ2v) is 3.01. The van der Waals surface area contributed by atoms with E-state index >= 15 is 0 Å². The van der Waals surface area contributed by atoms with Crippen LogP contribution >= 0.6 is 0 Å². The molecule has 1 heterocycles. The van der Waals surface area contributed by atoms with Gasteiger partial charge in [-0.3, -0.25) is 0 Å². The normalized spacial score (nSPS) is 12.2. The molecule has 78 valence electrons. The average Bonchev–Trinajstić information content (AvgIpc) is 2.26. The second-order valence-electron chi connectivity index (χ2n) is 3.01. The molecule has 4 nitrogen and oxygen atoms in total. The molecule has 1 aromatic rings. The maximum Gasteiger partial charge on any atom is 0.214 e. The lowest BCUT2D eigenvalue weighted by molar-refractivity contribution is 0.183. The van der Waals surface area contributed by atoms with Gasteiger partial charge in [-0.2, -0.15) is 4.98 Å². The van der Waals surface area contributed by atoms with E-state index in [1.54, 1.807) is 13.2 Å². The minimum atomic E-state index is -0.331. The van der Waals surface area contributed by atoms with E-state index < -0.39 is 0 Å². The number of aliphatic hydroxyl groups is 1. The monoisotopic (exact) mass is 196 g/mol. The van der Waals surface area contributed by atoms with Gasteiger partial charge in [0.2, 0.25) is 5.88 Å². The van der Waals surface area contributed by atoms with Crippen molar-refractivity contribution in [3.63, 3.8) is 0 Å². The quantitative estimate of drug-likeness (QED) is 0.744. The molecule has 0 radical (unpaired) electrons. The average molecular weight is 196 g/mol. The van der Waals surface area contributed by atoms with Gasteiger partial charge in [0.25, 0.3) is 0 Å². The van der Waals surface area contributed by atoms with Crippen LogP contribution in [0.25, 0.3) is 0 Å². The largest absolute Gasteiger partial charge is 0.481 e. The fourth-order valence-corrected chi connectivity index (χ4v) is 0.994. The van der Waals surface area contributed by atoms with Crippen LogP contribution in [0.2, 0.25) is 0 Å². The molecule has 1 aromatic heterocycles. The van der Waals surface area contributed by atoms with Gasteiger partial charge in [0, 0.05) is 12.6 Å². The third kappa shape index (κ3) is 3.22. The SMILES string of the molecule is CCC(O)CNc1cccc(OC)n1. The van der Waals surface area contributed by atoms with E-state index in [4.69, 9.17) is 4.74 Å². The van der Waals surface area contributed by atoms with Gasteiger partial charge in [0.05, 0.1) is 13.2 Å². The van der Waals surface area contributed by atoms with Crippen LogP contribution in [-0.2, 0) is 0 Å². The Labute approximate surface area is 83.9 Å². The van der Waals surface area contributed by atoms with Crippen LogP contribution in [0.5, 0.6) is 5.88 Å². The summed E-state index contributed by atoms with van der Waals surface area (Å²) in [5, 5.41) is 12.4. The summed E-state index contributed by atoms with van der Waals surface area (Å²) in [6, 6.07) is 5.47. The van der Waals surface area contributed by atoms with Crippen molar-refractivity contribution < 1.29 is 9.84 Å². The predicted molar refractivity (Wildman–Crippen MR) is 55.6 cm³/mol. The van der Waals surface area contributed by atoms with Crippen LogP contribution in [-0.4, -0.2) is 29.8 Å². The molecule has 0 amide bonds. The highest BCUT2D eigenvalue weighted by atomic mass is 16.5. The Hall–Kier alpha value is -1.29. The molecule has 2 N–H and O–H groups in total. The zero-order valence-electron chi connectivity index (χ0n) is 8.53. The summed E-state index contributed by atoms with van der Waals surface area (Å²) >= 11 is 0. The fourth-order valence-electron chi connectivity index (χ4n) is 0.994. The first-order valence-electron chi connectivity index (χ1n) is 4.69. The summed E-state index contributed by atoms with van der Waals surface area (Å²) in [7, 11) is 1.58. The van der Waals surface area contributed by atoms with E-state index in [1.165, 1.54) is 0 Å². The first-order chi connectivity index (χ1) is 6.76. The van der Waals surface area contributed by atoms with Crippen LogP contribution in [0.15, 0.2) is 18.2 Å². The number of aromatic nitrogens is 1. The maximum atomic E-state index is 9.32. The van der Waals surface area contributed by atoms with E-state index in [0.29, 0.717) is 12.4 Å². The van der Waals surface area contributed by atoms with Crippen LogP contribution in [0.1, 0.15) is 13.3 Å². The lowest BCUT2D eigenvalue weighted by Gasteiger charge is -2.10. The summed E-state index contributed by atoms with van der Waals surface area (Å²) in [5.74, 6) is 1.29. The van der Waals surface area contributed by atoms with Gasteiger partial charge in [-0.25, -0.2) is 0 Å². The molecule has 0 saturated heterocycles. The van der Waals surface area contributed by atoms with E-state index in [-0.39, 0.29) is 6.10 Å². The highest BCUT2D eigenvalue weighted by Gasteiger charge is 2.01. The Balaban J connectivity index is 2.50. The van der Waals surface area contributed by atoms with E-state index in [9.17, 15) is 5.11 Å². The highest BCUT2D eigenvalue weighted by Crippen LogP contribution is 2.10. The molecule has 0 aliphatic heterocycles. The summed E-state index contributed by atoms with van der Waals surface area (Å²) in [6.45, 7) is 2.45. The first-order valence-corrected chi connectivity index (χ1v) is 4.69. The second kappa shape index (κ2) is 5.44. The first kappa shape index (κ1) is 10.8. The van der Waals surface area contributed by atoms with Crippen molar-refractivity contribution in [1.82, 2.24) is 4.98 Å². The molecule has 1 atom stereocenters. The number of methoxy groups -OCH3 is 1. The maximum absolute atomic E-state index is 9.32. The third-order valence-electron chi connectivity index (χ3n) is 1.92. The topological polar surface area (TPSA) is 54.4 Å². The molecule has 1 rings (SSSR count). The van der Waals surface area contributed by atoms with Crippen molar-refractivity contribution in [2.45, 2.75) is 19.4 Å². The van der Waals surface area contributed by atoms with Crippen molar-refractivity contribution >= 4 is 5.82 Å². The van der Waals surface area contributed by atoms with E-state index in [0.717, 1.165) is 12.2 Å². The van der Waals surface area contributed by atoms with Gasteiger partial charge in [0.15, 0.2) is 0 Å². The van der Waals surface area contributed by atoms with Crippen molar-refractivity contribution in [2.24, 2.45) is 0 Å². The summed E-state index contributed by atoms with van der Waals surface area (Å²) in [5.41, 5.74) is 0. The van der Waals surface area contributed by atoms with Gasteiger partial charge < -0.3 is 15.2 Å². The zero-order valence-corrected chi connectivity index (χ0v) is 8.53. The van der Waals surface area contributed by atoms with E-state index in [1.807, 2.05) is 19.1 Å². The Morgan fingerprint density at radius 2 is 2.36 bits per heavy atom. The molecule has 1 unspecified atom stereocenters. The fraction of sp³-hybridized carbons (Fsp3) is 0.500. The van der Waals surface area contributed by atoms with Crippen molar-refractivity contribution in [2.75, 3.05) is 19.0 Å². The molecular weight excluding hydrogens is 180 g/mol. The molecule has 0 aliphatic rings. The number of hydrogen-bond donors (Lipinski definition) is 2. The molecule has 14 heavy (non-hydrogen) atoms. The zero-order chi connectivity index (χ0) is 10.4. The number of hydrogen-bond acceptors (Lipinski definition) is 4. The molecule has 0 aromatic carbocycles. The molecule has 0 spiro atoms. The molecular formula is C10H16N2O2. The number of anilines is 1.